The Bertz CT molecular complexity index is 373. The first-order chi connectivity index (χ1) is 8.13. The zero-order valence-electron chi connectivity index (χ0n) is 9.73. The molecule has 0 unspecified atom stereocenters. The summed E-state index contributed by atoms with van der Waals surface area (Å²) in [5.41, 5.74) is 0.862. The molecular formula is C12H16ClNO2S. The summed E-state index contributed by atoms with van der Waals surface area (Å²) in [6.45, 7) is 0.738. The average Bonchev–Trinajstić information content (AvgIpc) is 2.27. The van der Waals surface area contributed by atoms with Crippen molar-refractivity contribution in [2.45, 2.75) is 6.42 Å². The molecule has 0 aliphatic rings. The van der Waals surface area contributed by atoms with E-state index in [4.69, 9.17) is 16.7 Å². The number of carboxylic acids is 1. The van der Waals surface area contributed by atoms with Gasteiger partial charge in [0, 0.05) is 17.3 Å². The van der Waals surface area contributed by atoms with Crippen molar-refractivity contribution in [2.75, 3.05) is 30.0 Å². The first-order valence-electron chi connectivity index (χ1n) is 5.34. The SMILES string of the molecule is CSCCCN(CC(=O)O)c1cccc(Cl)c1. The van der Waals surface area contributed by atoms with E-state index < -0.39 is 5.97 Å². The van der Waals surface area contributed by atoms with E-state index in [1.54, 1.807) is 23.9 Å². The first kappa shape index (κ1) is 14.2. The van der Waals surface area contributed by atoms with E-state index in [1.807, 2.05) is 23.3 Å². The van der Waals surface area contributed by atoms with Crippen molar-refractivity contribution in [3.63, 3.8) is 0 Å². The Morgan fingerprint density at radius 2 is 2.29 bits per heavy atom. The number of carbonyl (C=O) groups is 1. The van der Waals surface area contributed by atoms with Gasteiger partial charge < -0.3 is 10.0 Å². The molecule has 0 aromatic heterocycles. The lowest BCUT2D eigenvalue weighted by Crippen LogP contribution is -2.30. The molecule has 1 aromatic rings. The molecular weight excluding hydrogens is 258 g/mol. The van der Waals surface area contributed by atoms with E-state index in [-0.39, 0.29) is 6.54 Å². The van der Waals surface area contributed by atoms with Gasteiger partial charge in [0.25, 0.3) is 0 Å². The van der Waals surface area contributed by atoms with Crippen LogP contribution in [0.5, 0.6) is 0 Å². The number of carboxylic acid groups (broad SMARTS) is 1. The maximum Gasteiger partial charge on any atom is 0.323 e. The Labute approximate surface area is 111 Å². The molecule has 0 bridgehead atoms. The predicted octanol–water partition coefficient (Wildman–Crippen LogP) is 2.98. The molecule has 0 fully saturated rings. The van der Waals surface area contributed by atoms with Crippen LogP contribution in [0.2, 0.25) is 5.02 Å². The normalized spacial score (nSPS) is 10.2. The van der Waals surface area contributed by atoms with Crippen LogP contribution in [0, 0.1) is 0 Å². The van der Waals surface area contributed by atoms with Crippen molar-refractivity contribution < 1.29 is 9.90 Å². The van der Waals surface area contributed by atoms with Gasteiger partial charge in [0.1, 0.15) is 6.54 Å². The largest absolute Gasteiger partial charge is 0.480 e. The highest BCUT2D eigenvalue weighted by atomic mass is 35.5. The summed E-state index contributed by atoms with van der Waals surface area (Å²) < 4.78 is 0. The molecule has 1 aromatic carbocycles. The summed E-state index contributed by atoms with van der Waals surface area (Å²) in [5.74, 6) is 0.200. The fraction of sp³-hybridized carbons (Fsp3) is 0.417. The van der Waals surface area contributed by atoms with Gasteiger partial charge in [-0.05, 0) is 36.6 Å². The number of thioether (sulfide) groups is 1. The Kier molecular flexibility index (Phi) is 6.22. The number of rotatable bonds is 7. The second kappa shape index (κ2) is 7.45. The van der Waals surface area contributed by atoms with Crippen LogP contribution in [0.15, 0.2) is 24.3 Å². The maximum atomic E-state index is 10.8. The lowest BCUT2D eigenvalue weighted by atomic mass is 10.2. The summed E-state index contributed by atoms with van der Waals surface area (Å²) in [4.78, 5) is 12.7. The van der Waals surface area contributed by atoms with Gasteiger partial charge in [-0.3, -0.25) is 4.79 Å². The van der Waals surface area contributed by atoms with Crippen LogP contribution in [-0.4, -0.2) is 36.2 Å². The highest BCUT2D eigenvalue weighted by Gasteiger charge is 2.10. The van der Waals surface area contributed by atoms with Crippen LogP contribution in [-0.2, 0) is 4.79 Å². The van der Waals surface area contributed by atoms with Crippen molar-refractivity contribution >= 4 is 35.0 Å². The number of benzene rings is 1. The second-order valence-corrected chi connectivity index (χ2v) is 5.06. The average molecular weight is 274 g/mol. The van der Waals surface area contributed by atoms with Gasteiger partial charge in [0.2, 0.25) is 0 Å². The molecule has 94 valence electrons. The molecule has 0 saturated heterocycles. The van der Waals surface area contributed by atoms with Gasteiger partial charge in [-0.15, -0.1) is 0 Å². The molecule has 0 aliphatic carbocycles. The molecule has 0 spiro atoms. The molecule has 5 heteroatoms. The zero-order chi connectivity index (χ0) is 12.7. The number of aliphatic carboxylic acids is 1. The van der Waals surface area contributed by atoms with Crippen LogP contribution >= 0.6 is 23.4 Å². The van der Waals surface area contributed by atoms with Gasteiger partial charge in [-0.25, -0.2) is 0 Å². The molecule has 1 rings (SSSR count). The molecule has 1 N–H and O–H groups in total. The number of halogens is 1. The van der Waals surface area contributed by atoms with Crippen LogP contribution in [0.3, 0.4) is 0 Å². The topological polar surface area (TPSA) is 40.5 Å². The lowest BCUT2D eigenvalue weighted by Gasteiger charge is -2.22. The Hall–Kier alpha value is -0.870. The third kappa shape index (κ3) is 5.33. The van der Waals surface area contributed by atoms with Crippen molar-refractivity contribution in [3.8, 4) is 0 Å². The van der Waals surface area contributed by atoms with Crippen LogP contribution in [0.25, 0.3) is 0 Å². The van der Waals surface area contributed by atoms with Crippen molar-refractivity contribution in [2.24, 2.45) is 0 Å². The molecule has 0 heterocycles. The molecule has 0 saturated carbocycles. The van der Waals surface area contributed by atoms with E-state index in [1.165, 1.54) is 0 Å². The predicted molar refractivity (Wildman–Crippen MR) is 74.3 cm³/mol. The minimum absolute atomic E-state index is 0.00865. The second-order valence-electron chi connectivity index (χ2n) is 3.64. The number of hydrogen-bond acceptors (Lipinski definition) is 3. The molecule has 0 amide bonds. The maximum absolute atomic E-state index is 10.8. The van der Waals surface area contributed by atoms with Crippen molar-refractivity contribution in [1.82, 2.24) is 0 Å². The Morgan fingerprint density at radius 1 is 1.53 bits per heavy atom. The van der Waals surface area contributed by atoms with Crippen LogP contribution in [0.4, 0.5) is 5.69 Å². The highest BCUT2D eigenvalue weighted by molar-refractivity contribution is 7.98. The van der Waals surface area contributed by atoms with Gasteiger partial charge in [0.15, 0.2) is 0 Å². The summed E-state index contributed by atoms with van der Waals surface area (Å²) in [6.07, 6.45) is 3.00. The van der Waals surface area contributed by atoms with Gasteiger partial charge in [-0.1, -0.05) is 17.7 Å². The van der Waals surface area contributed by atoms with E-state index in [0.29, 0.717) is 5.02 Å². The molecule has 17 heavy (non-hydrogen) atoms. The highest BCUT2D eigenvalue weighted by Crippen LogP contribution is 2.19. The number of anilines is 1. The minimum atomic E-state index is -0.825. The van der Waals surface area contributed by atoms with Crippen LogP contribution < -0.4 is 4.90 Å². The summed E-state index contributed by atoms with van der Waals surface area (Å²) >= 11 is 7.67. The van der Waals surface area contributed by atoms with E-state index in [2.05, 4.69) is 0 Å². The number of nitrogens with zero attached hydrogens (tertiary/aromatic N) is 1. The molecule has 0 radical (unpaired) electrons. The minimum Gasteiger partial charge on any atom is -0.480 e. The Balaban J connectivity index is 2.70. The van der Waals surface area contributed by atoms with Crippen LogP contribution in [0.1, 0.15) is 6.42 Å². The summed E-state index contributed by atoms with van der Waals surface area (Å²) in [6, 6.07) is 7.30. The van der Waals surface area contributed by atoms with Gasteiger partial charge in [-0.2, -0.15) is 11.8 Å². The quantitative estimate of drug-likeness (QED) is 0.776. The smallest absolute Gasteiger partial charge is 0.323 e. The molecule has 0 aliphatic heterocycles. The molecule has 3 nitrogen and oxygen atoms in total. The van der Waals surface area contributed by atoms with Gasteiger partial charge in [0.05, 0.1) is 0 Å². The third-order valence-electron chi connectivity index (χ3n) is 2.28. The van der Waals surface area contributed by atoms with E-state index in [0.717, 1.165) is 24.4 Å². The molecule has 0 atom stereocenters. The standard InChI is InChI=1S/C12H16ClNO2S/c1-17-7-3-6-14(9-12(15)16)11-5-2-4-10(13)8-11/h2,4-5,8H,3,6-7,9H2,1H3,(H,15,16). The first-order valence-corrected chi connectivity index (χ1v) is 7.12. The summed E-state index contributed by atoms with van der Waals surface area (Å²) in [7, 11) is 0. The fourth-order valence-electron chi connectivity index (χ4n) is 1.54. The number of hydrogen-bond donors (Lipinski definition) is 1. The van der Waals surface area contributed by atoms with E-state index in [9.17, 15) is 4.79 Å². The third-order valence-corrected chi connectivity index (χ3v) is 3.21. The van der Waals surface area contributed by atoms with Crippen molar-refractivity contribution in [3.05, 3.63) is 29.3 Å². The lowest BCUT2D eigenvalue weighted by molar-refractivity contribution is -0.135. The fourth-order valence-corrected chi connectivity index (χ4v) is 2.14. The monoisotopic (exact) mass is 273 g/mol. The van der Waals surface area contributed by atoms with Gasteiger partial charge >= 0.3 is 5.97 Å². The van der Waals surface area contributed by atoms with E-state index >= 15 is 0 Å². The van der Waals surface area contributed by atoms with Crippen molar-refractivity contribution in [1.29, 1.82) is 0 Å². The zero-order valence-corrected chi connectivity index (χ0v) is 11.3. The summed E-state index contributed by atoms with van der Waals surface area (Å²) in [5, 5.41) is 9.52. The Morgan fingerprint density at radius 3 is 2.88 bits per heavy atom.